The van der Waals surface area contributed by atoms with Crippen LogP contribution in [0.2, 0.25) is 0 Å². The van der Waals surface area contributed by atoms with Crippen LogP contribution in [0.4, 0.5) is 5.69 Å². The molecule has 0 saturated heterocycles. The Labute approximate surface area is 172 Å². The van der Waals surface area contributed by atoms with Crippen LogP contribution < -0.4 is 23.8 Å². The third-order valence-corrected chi connectivity index (χ3v) is 4.71. The molecular weight excluding hydrogens is 374 g/mol. The number of anilines is 1. The van der Waals surface area contributed by atoms with Gasteiger partial charge in [0, 0.05) is 31.5 Å². The minimum atomic E-state index is 0.0928. The van der Waals surface area contributed by atoms with Gasteiger partial charge in [0.25, 0.3) is 0 Å². The van der Waals surface area contributed by atoms with Gasteiger partial charge >= 0.3 is 0 Å². The van der Waals surface area contributed by atoms with Crippen molar-refractivity contribution in [2.45, 2.75) is 25.8 Å². The van der Waals surface area contributed by atoms with Gasteiger partial charge in [0.2, 0.25) is 5.75 Å². The molecule has 0 aliphatic carbocycles. The summed E-state index contributed by atoms with van der Waals surface area (Å²) in [4.78, 5) is 2.16. The highest BCUT2D eigenvalue weighted by Crippen LogP contribution is 2.39. The molecule has 0 aromatic heterocycles. The summed E-state index contributed by atoms with van der Waals surface area (Å²) in [6.45, 7) is 1.54. The fourth-order valence-electron chi connectivity index (χ4n) is 3.21. The predicted molar refractivity (Wildman–Crippen MR) is 113 cm³/mol. The van der Waals surface area contributed by atoms with Crippen LogP contribution in [-0.2, 0) is 6.54 Å². The van der Waals surface area contributed by atoms with Crippen molar-refractivity contribution in [3.63, 3.8) is 0 Å². The summed E-state index contributed by atoms with van der Waals surface area (Å²) >= 11 is 0. The highest BCUT2D eigenvalue weighted by molar-refractivity contribution is 5.58. The van der Waals surface area contributed by atoms with Crippen molar-refractivity contribution in [2.24, 2.45) is 0 Å². The van der Waals surface area contributed by atoms with E-state index in [0.717, 1.165) is 37.1 Å². The predicted octanol–water partition coefficient (Wildman–Crippen LogP) is 3.60. The third kappa shape index (κ3) is 5.84. The molecule has 0 bridgehead atoms. The number of nitrogens with zero attached hydrogens (tertiary/aromatic N) is 1. The lowest BCUT2D eigenvalue weighted by molar-refractivity contribution is 0.283. The minimum Gasteiger partial charge on any atom is -0.504 e. The molecular formula is C22H31NO6. The molecule has 2 rings (SSSR count). The lowest BCUT2D eigenvalue weighted by atomic mass is 10.1. The number of rotatable bonds is 12. The number of methoxy groups -OCH3 is 4. The average Bonchev–Trinajstić information content (AvgIpc) is 2.74. The van der Waals surface area contributed by atoms with Crippen LogP contribution in [-0.4, -0.2) is 51.8 Å². The van der Waals surface area contributed by atoms with Crippen LogP contribution >= 0.6 is 0 Å². The maximum absolute atomic E-state index is 10.2. The molecule has 160 valence electrons. The van der Waals surface area contributed by atoms with Crippen LogP contribution in [0.5, 0.6) is 28.7 Å². The Balaban J connectivity index is 2.33. The number of aliphatic hydroxyl groups excluding tert-OH is 1. The number of unbranched alkanes of at least 4 members (excludes halogenated alkanes) is 2. The van der Waals surface area contributed by atoms with Crippen molar-refractivity contribution < 1.29 is 29.2 Å². The quantitative estimate of drug-likeness (QED) is 0.522. The largest absolute Gasteiger partial charge is 0.504 e. The van der Waals surface area contributed by atoms with Crippen molar-refractivity contribution >= 4 is 5.69 Å². The van der Waals surface area contributed by atoms with E-state index < -0.39 is 0 Å². The maximum atomic E-state index is 10.2. The van der Waals surface area contributed by atoms with Crippen molar-refractivity contribution in [2.75, 3.05) is 46.5 Å². The van der Waals surface area contributed by atoms with E-state index in [-0.39, 0.29) is 12.4 Å². The SMILES string of the molecule is COc1ccc(N(CCCCCO)Cc2cc(OC)c(OC)c(OC)c2)cc1O. The molecule has 2 aromatic rings. The topological polar surface area (TPSA) is 80.6 Å². The lowest BCUT2D eigenvalue weighted by Crippen LogP contribution is -2.24. The van der Waals surface area contributed by atoms with Gasteiger partial charge in [-0.15, -0.1) is 0 Å². The van der Waals surface area contributed by atoms with E-state index in [9.17, 15) is 5.11 Å². The Kier molecular flexibility index (Phi) is 8.73. The van der Waals surface area contributed by atoms with E-state index in [1.165, 1.54) is 7.11 Å². The Morgan fingerprint density at radius 2 is 1.45 bits per heavy atom. The van der Waals surface area contributed by atoms with E-state index in [4.69, 9.17) is 24.1 Å². The first-order valence-corrected chi connectivity index (χ1v) is 9.59. The molecule has 29 heavy (non-hydrogen) atoms. The standard InChI is InChI=1S/C22H31NO6/c1-26-19-9-8-17(14-18(19)25)23(10-6-5-7-11-24)15-16-12-20(27-2)22(29-4)21(13-16)28-3/h8-9,12-14,24-25H,5-7,10-11,15H2,1-4H3. The zero-order valence-electron chi connectivity index (χ0n) is 17.6. The molecule has 0 heterocycles. The monoisotopic (exact) mass is 405 g/mol. The van der Waals surface area contributed by atoms with Crippen LogP contribution in [0.15, 0.2) is 30.3 Å². The number of phenolic OH excluding ortho intramolecular Hbond substituents is 1. The van der Waals surface area contributed by atoms with Gasteiger partial charge in [0.15, 0.2) is 23.0 Å². The normalized spacial score (nSPS) is 10.5. The molecule has 0 saturated carbocycles. The number of hydrogen-bond acceptors (Lipinski definition) is 7. The molecule has 7 nitrogen and oxygen atoms in total. The first kappa shape index (κ1) is 22.5. The van der Waals surface area contributed by atoms with Gasteiger partial charge < -0.3 is 34.1 Å². The van der Waals surface area contributed by atoms with Crippen LogP contribution in [0.1, 0.15) is 24.8 Å². The molecule has 0 aliphatic rings. The zero-order valence-corrected chi connectivity index (χ0v) is 17.6. The highest BCUT2D eigenvalue weighted by Gasteiger charge is 2.16. The summed E-state index contributed by atoms with van der Waals surface area (Å²) in [5.74, 6) is 2.27. The Morgan fingerprint density at radius 1 is 0.793 bits per heavy atom. The van der Waals surface area contributed by atoms with E-state index >= 15 is 0 Å². The smallest absolute Gasteiger partial charge is 0.203 e. The summed E-state index contributed by atoms with van der Waals surface area (Å²) in [6.07, 6.45) is 2.61. The second kappa shape index (κ2) is 11.3. The molecule has 7 heteroatoms. The molecule has 0 atom stereocenters. The third-order valence-electron chi connectivity index (χ3n) is 4.71. The fraction of sp³-hybridized carbons (Fsp3) is 0.455. The first-order valence-electron chi connectivity index (χ1n) is 9.59. The second-order valence-electron chi connectivity index (χ2n) is 6.60. The molecule has 0 amide bonds. The summed E-state index contributed by atoms with van der Waals surface area (Å²) < 4.78 is 21.5. The molecule has 0 unspecified atom stereocenters. The zero-order chi connectivity index (χ0) is 21.2. The van der Waals surface area contributed by atoms with Gasteiger partial charge in [0.05, 0.1) is 28.4 Å². The molecule has 2 aromatic carbocycles. The summed E-state index contributed by atoms with van der Waals surface area (Å²) in [7, 11) is 6.29. The van der Waals surface area contributed by atoms with Crippen molar-refractivity contribution in [1.82, 2.24) is 0 Å². The molecule has 0 spiro atoms. The molecule has 0 fully saturated rings. The fourth-order valence-corrected chi connectivity index (χ4v) is 3.21. The molecule has 0 aliphatic heterocycles. The van der Waals surface area contributed by atoms with Crippen LogP contribution in [0.25, 0.3) is 0 Å². The summed E-state index contributed by atoms with van der Waals surface area (Å²) in [5, 5.41) is 19.2. The van der Waals surface area contributed by atoms with Gasteiger partial charge in [-0.05, 0) is 49.1 Å². The minimum absolute atomic E-state index is 0.0928. The van der Waals surface area contributed by atoms with E-state index in [1.54, 1.807) is 33.5 Å². The van der Waals surface area contributed by atoms with E-state index in [1.807, 2.05) is 18.2 Å². The Morgan fingerprint density at radius 3 is 1.97 bits per heavy atom. The second-order valence-corrected chi connectivity index (χ2v) is 6.60. The van der Waals surface area contributed by atoms with Crippen LogP contribution in [0, 0.1) is 0 Å². The summed E-state index contributed by atoms with van der Waals surface area (Å²) in [5.41, 5.74) is 1.86. The number of hydrogen-bond donors (Lipinski definition) is 2. The van der Waals surface area contributed by atoms with Gasteiger partial charge in [-0.2, -0.15) is 0 Å². The van der Waals surface area contributed by atoms with Gasteiger partial charge in [0.1, 0.15) is 0 Å². The van der Waals surface area contributed by atoms with E-state index in [0.29, 0.717) is 29.5 Å². The number of aliphatic hydroxyl groups is 1. The van der Waals surface area contributed by atoms with Crippen molar-refractivity contribution in [3.8, 4) is 28.7 Å². The Hall–Kier alpha value is -2.80. The van der Waals surface area contributed by atoms with Gasteiger partial charge in [-0.25, -0.2) is 0 Å². The van der Waals surface area contributed by atoms with Crippen molar-refractivity contribution in [1.29, 1.82) is 0 Å². The number of benzene rings is 2. The highest BCUT2D eigenvalue weighted by atomic mass is 16.5. The Bertz CT molecular complexity index is 755. The lowest BCUT2D eigenvalue weighted by Gasteiger charge is -2.26. The number of phenols is 1. The summed E-state index contributed by atoms with van der Waals surface area (Å²) in [6, 6.07) is 9.21. The number of aromatic hydroxyl groups is 1. The molecule has 2 N–H and O–H groups in total. The van der Waals surface area contributed by atoms with Crippen molar-refractivity contribution in [3.05, 3.63) is 35.9 Å². The van der Waals surface area contributed by atoms with Gasteiger partial charge in [-0.3, -0.25) is 0 Å². The first-order chi connectivity index (χ1) is 14.1. The van der Waals surface area contributed by atoms with E-state index in [2.05, 4.69) is 4.90 Å². The maximum Gasteiger partial charge on any atom is 0.203 e. The number of ether oxygens (including phenoxy) is 4. The van der Waals surface area contributed by atoms with Crippen LogP contribution in [0.3, 0.4) is 0 Å². The van der Waals surface area contributed by atoms with Gasteiger partial charge in [-0.1, -0.05) is 0 Å². The average molecular weight is 405 g/mol. The molecule has 0 radical (unpaired) electrons.